The molecule has 0 amide bonds. The third-order valence-electron chi connectivity index (χ3n) is 3.76. The summed E-state index contributed by atoms with van der Waals surface area (Å²) in [4.78, 5) is 2.74. The quantitative estimate of drug-likeness (QED) is 0.496. The van der Waals surface area contributed by atoms with Crippen molar-refractivity contribution in [1.29, 1.82) is 0 Å². The summed E-state index contributed by atoms with van der Waals surface area (Å²) in [6, 6.07) is 7.10. The number of aliphatic hydroxyl groups excluding tert-OH is 1. The predicted octanol–water partition coefficient (Wildman–Crippen LogP) is 2.63. The van der Waals surface area contributed by atoms with Crippen LogP contribution in [0.2, 0.25) is 0 Å². The van der Waals surface area contributed by atoms with Crippen molar-refractivity contribution in [2.75, 3.05) is 13.7 Å². The highest BCUT2D eigenvalue weighted by molar-refractivity contribution is 5.26. The maximum absolute atomic E-state index is 9.86. The fourth-order valence-electron chi connectivity index (χ4n) is 2.54. The van der Waals surface area contributed by atoms with Gasteiger partial charge < -0.3 is 19.3 Å². The maximum Gasteiger partial charge on any atom is 0.163 e. The average Bonchev–Trinajstić information content (AvgIpc) is 2.51. The summed E-state index contributed by atoms with van der Waals surface area (Å²) in [5, 5.41) is 13.4. The summed E-state index contributed by atoms with van der Waals surface area (Å²) in [5.74, 6) is 0.856. The zero-order chi connectivity index (χ0) is 15.9. The number of rotatable bonds is 6. The Morgan fingerprint density at radius 3 is 2.73 bits per heavy atom. The highest BCUT2D eigenvalue weighted by Crippen LogP contribution is 2.27. The minimum Gasteiger partial charge on any atom is -0.497 e. The lowest BCUT2D eigenvalue weighted by molar-refractivity contribution is -0.199. The number of nitrogens with zero attached hydrogens (tertiary/aromatic N) is 3. The molecule has 1 aromatic rings. The fourth-order valence-corrected chi connectivity index (χ4v) is 2.54. The van der Waals surface area contributed by atoms with Crippen LogP contribution >= 0.6 is 0 Å². The van der Waals surface area contributed by atoms with Gasteiger partial charge >= 0.3 is 0 Å². The first-order valence-corrected chi connectivity index (χ1v) is 7.22. The molecule has 1 aromatic carbocycles. The van der Waals surface area contributed by atoms with Crippen LogP contribution < -0.4 is 4.74 Å². The van der Waals surface area contributed by atoms with E-state index >= 15 is 0 Å². The number of hydrogen-bond donors (Lipinski definition) is 1. The van der Waals surface area contributed by atoms with Gasteiger partial charge in [-0.2, -0.15) is 0 Å². The SMILES string of the molecule is COc1ccc(COCC2CC(C)C(N=[N+]=[N-])C(O)O2)cc1. The Morgan fingerprint density at radius 2 is 2.14 bits per heavy atom. The second-order valence-electron chi connectivity index (χ2n) is 5.42. The monoisotopic (exact) mass is 307 g/mol. The fraction of sp³-hybridized carbons (Fsp3) is 0.600. The van der Waals surface area contributed by atoms with E-state index in [1.165, 1.54) is 0 Å². The zero-order valence-corrected chi connectivity index (χ0v) is 12.8. The van der Waals surface area contributed by atoms with E-state index in [0.717, 1.165) is 11.3 Å². The minimum absolute atomic E-state index is 0.0502. The van der Waals surface area contributed by atoms with E-state index in [2.05, 4.69) is 10.0 Å². The van der Waals surface area contributed by atoms with E-state index in [1.54, 1.807) is 7.11 Å². The van der Waals surface area contributed by atoms with Gasteiger partial charge in [-0.25, -0.2) is 0 Å². The molecule has 7 heteroatoms. The molecular formula is C15H21N3O4. The van der Waals surface area contributed by atoms with Crippen LogP contribution in [-0.4, -0.2) is 37.3 Å². The maximum atomic E-state index is 9.86. The molecule has 1 fully saturated rings. The van der Waals surface area contributed by atoms with Crippen LogP contribution in [0.4, 0.5) is 0 Å². The Hall–Kier alpha value is -1.79. The summed E-state index contributed by atoms with van der Waals surface area (Å²) >= 11 is 0. The van der Waals surface area contributed by atoms with Crippen molar-refractivity contribution >= 4 is 0 Å². The molecule has 0 bridgehead atoms. The van der Waals surface area contributed by atoms with E-state index in [9.17, 15) is 5.11 Å². The van der Waals surface area contributed by atoms with Gasteiger partial charge in [-0.15, -0.1) is 0 Å². The molecule has 1 aliphatic heterocycles. The second kappa shape index (κ2) is 8.00. The van der Waals surface area contributed by atoms with Crippen molar-refractivity contribution in [1.82, 2.24) is 0 Å². The van der Waals surface area contributed by atoms with E-state index in [1.807, 2.05) is 31.2 Å². The van der Waals surface area contributed by atoms with Gasteiger partial charge in [0.15, 0.2) is 6.29 Å². The van der Waals surface area contributed by atoms with Gasteiger partial charge in [0, 0.05) is 4.91 Å². The summed E-state index contributed by atoms with van der Waals surface area (Å²) < 4.78 is 16.2. The van der Waals surface area contributed by atoms with Crippen LogP contribution in [0.5, 0.6) is 5.75 Å². The number of aliphatic hydroxyl groups is 1. The standard InChI is InChI=1S/C15H21N3O4/c1-10-7-13(22-15(19)14(10)17-18-16)9-21-8-11-3-5-12(20-2)6-4-11/h3-6,10,13-15,19H,7-9H2,1-2H3. The Morgan fingerprint density at radius 1 is 1.41 bits per heavy atom. The molecule has 7 nitrogen and oxygen atoms in total. The first-order chi connectivity index (χ1) is 10.6. The predicted molar refractivity (Wildman–Crippen MR) is 80.2 cm³/mol. The molecule has 0 spiro atoms. The highest BCUT2D eigenvalue weighted by Gasteiger charge is 2.34. The van der Waals surface area contributed by atoms with Crippen LogP contribution in [-0.2, 0) is 16.1 Å². The van der Waals surface area contributed by atoms with Crippen LogP contribution in [0.15, 0.2) is 29.4 Å². The topological polar surface area (TPSA) is 96.7 Å². The molecule has 0 aromatic heterocycles. The van der Waals surface area contributed by atoms with Crippen LogP contribution in [0.3, 0.4) is 0 Å². The third-order valence-corrected chi connectivity index (χ3v) is 3.76. The van der Waals surface area contributed by atoms with Crippen molar-refractivity contribution < 1.29 is 19.3 Å². The normalized spacial score (nSPS) is 28.0. The first-order valence-electron chi connectivity index (χ1n) is 7.22. The number of azide groups is 1. The number of methoxy groups -OCH3 is 1. The van der Waals surface area contributed by atoms with E-state index in [-0.39, 0.29) is 12.0 Å². The number of ether oxygens (including phenoxy) is 3. The van der Waals surface area contributed by atoms with Crippen molar-refractivity contribution in [3.8, 4) is 5.75 Å². The van der Waals surface area contributed by atoms with E-state index < -0.39 is 12.3 Å². The zero-order valence-electron chi connectivity index (χ0n) is 12.8. The molecule has 2 rings (SSSR count). The largest absolute Gasteiger partial charge is 0.497 e. The van der Waals surface area contributed by atoms with Gasteiger partial charge in [-0.05, 0) is 35.6 Å². The molecule has 4 unspecified atom stereocenters. The van der Waals surface area contributed by atoms with Gasteiger partial charge in [0.2, 0.25) is 0 Å². The smallest absolute Gasteiger partial charge is 0.163 e. The van der Waals surface area contributed by atoms with E-state index in [4.69, 9.17) is 19.7 Å². The third kappa shape index (κ3) is 4.35. The number of hydrogen-bond acceptors (Lipinski definition) is 5. The van der Waals surface area contributed by atoms with Crippen molar-refractivity contribution in [3.05, 3.63) is 40.3 Å². The molecule has 1 heterocycles. The van der Waals surface area contributed by atoms with Crippen LogP contribution in [0.1, 0.15) is 18.9 Å². The van der Waals surface area contributed by atoms with Crippen molar-refractivity contribution in [3.63, 3.8) is 0 Å². The molecule has 0 saturated carbocycles. The van der Waals surface area contributed by atoms with Gasteiger partial charge in [-0.1, -0.05) is 24.2 Å². The Labute approximate surface area is 129 Å². The molecule has 1 aliphatic rings. The average molecular weight is 307 g/mol. The molecule has 22 heavy (non-hydrogen) atoms. The molecular weight excluding hydrogens is 286 g/mol. The molecule has 0 aliphatic carbocycles. The summed E-state index contributed by atoms with van der Waals surface area (Å²) in [6.45, 7) is 2.78. The van der Waals surface area contributed by atoms with Crippen LogP contribution in [0, 0.1) is 5.92 Å². The Bertz CT molecular complexity index is 504. The van der Waals surface area contributed by atoms with E-state index in [0.29, 0.717) is 19.6 Å². The molecule has 4 atom stereocenters. The summed E-state index contributed by atoms with van der Waals surface area (Å²) in [6.07, 6.45) is -0.591. The summed E-state index contributed by atoms with van der Waals surface area (Å²) in [5.41, 5.74) is 9.52. The van der Waals surface area contributed by atoms with Gasteiger partial charge in [0.1, 0.15) is 5.75 Å². The molecule has 0 radical (unpaired) electrons. The minimum atomic E-state index is -1.07. The number of benzene rings is 1. The Balaban J connectivity index is 1.78. The van der Waals surface area contributed by atoms with Gasteiger partial charge in [0.25, 0.3) is 0 Å². The lowest BCUT2D eigenvalue weighted by atomic mass is 9.92. The van der Waals surface area contributed by atoms with Crippen molar-refractivity contribution in [2.24, 2.45) is 11.0 Å². The first kappa shape index (κ1) is 16.6. The van der Waals surface area contributed by atoms with Crippen molar-refractivity contribution in [2.45, 2.75) is 38.4 Å². The molecule has 120 valence electrons. The van der Waals surface area contributed by atoms with Gasteiger partial charge in [-0.3, -0.25) is 0 Å². The lowest BCUT2D eigenvalue weighted by Crippen LogP contribution is -2.44. The second-order valence-corrected chi connectivity index (χ2v) is 5.42. The summed E-state index contributed by atoms with van der Waals surface area (Å²) in [7, 11) is 1.63. The Kier molecular flexibility index (Phi) is 6.03. The molecule has 1 saturated heterocycles. The van der Waals surface area contributed by atoms with Crippen LogP contribution in [0.25, 0.3) is 10.4 Å². The lowest BCUT2D eigenvalue weighted by Gasteiger charge is -2.35. The highest BCUT2D eigenvalue weighted by atomic mass is 16.6. The van der Waals surface area contributed by atoms with Gasteiger partial charge in [0.05, 0.1) is 32.5 Å². The molecule has 1 N–H and O–H groups in total.